The topological polar surface area (TPSA) is 41.1 Å². The summed E-state index contributed by atoms with van der Waals surface area (Å²) in [5.41, 5.74) is 0. The Morgan fingerprint density at radius 3 is 2.90 bits per heavy atom. The average Bonchev–Trinajstić information content (AvgIpc) is 2.81. The lowest BCUT2D eigenvalue weighted by molar-refractivity contribution is 0.929. The largest absolute Gasteiger partial charge is 0.358 e. The molecule has 1 N–H and O–H groups in total. The first kappa shape index (κ1) is 15.4. The van der Waals surface area contributed by atoms with Crippen LogP contribution in [0.1, 0.15) is 18.2 Å². The molecule has 6 heteroatoms. The zero-order valence-corrected chi connectivity index (χ0v) is 14.2. The molecule has 0 aliphatic heterocycles. The van der Waals surface area contributed by atoms with E-state index in [1.807, 2.05) is 11.8 Å². The number of fused-ring (bicyclic) bond motifs is 1. The van der Waals surface area contributed by atoms with E-state index in [9.17, 15) is 0 Å². The molecule has 0 radical (unpaired) electrons. The predicted molar refractivity (Wildman–Crippen MR) is 92.6 cm³/mol. The summed E-state index contributed by atoms with van der Waals surface area (Å²) in [6.07, 6.45) is 3.20. The highest BCUT2D eigenvalue weighted by Gasteiger charge is 2.13. The monoisotopic (exact) mass is 310 g/mol. The minimum absolute atomic E-state index is 0.743. The van der Waals surface area contributed by atoms with Gasteiger partial charge in [-0.15, -0.1) is 11.3 Å². The van der Waals surface area contributed by atoms with Crippen LogP contribution in [0.2, 0.25) is 0 Å². The van der Waals surface area contributed by atoms with Crippen LogP contribution in [0.5, 0.6) is 0 Å². The fourth-order valence-electron chi connectivity index (χ4n) is 1.97. The smallest absolute Gasteiger partial charge is 0.226 e. The van der Waals surface area contributed by atoms with Crippen LogP contribution >= 0.6 is 23.1 Å². The minimum atomic E-state index is 0.743. The minimum Gasteiger partial charge on any atom is -0.358 e. The Morgan fingerprint density at radius 2 is 2.20 bits per heavy atom. The number of thiophene rings is 1. The van der Waals surface area contributed by atoms with Gasteiger partial charge in [-0.2, -0.15) is 16.7 Å². The molecule has 0 atom stereocenters. The Bertz CT molecular complexity index is 568. The summed E-state index contributed by atoms with van der Waals surface area (Å²) in [5, 5.41) is 4.46. The van der Waals surface area contributed by atoms with Gasteiger partial charge in [0.2, 0.25) is 5.95 Å². The maximum Gasteiger partial charge on any atom is 0.226 e. The number of aryl methyl sites for hydroxylation is 1. The molecule has 0 aliphatic rings. The quantitative estimate of drug-likeness (QED) is 0.846. The number of anilines is 2. The summed E-state index contributed by atoms with van der Waals surface area (Å²) in [6, 6.07) is 2.19. The van der Waals surface area contributed by atoms with Crippen LogP contribution in [0.3, 0.4) is 0 Å². The van der Waals surface area contributed by atoms with Gasteiger partial charge in [0.05, 0.1) is 5.39 Å². The molecule has 0 aliphatic carbocycles. The van der Waals surface area contributed by atoms with E-state index in [4.69, 9.17) is 4.98 Å². The molecule has 0 amide bonds. The highest BCUT2D eigenvalue weighted by atomic mass is 32.2. The maximum atomic E-state index is 4.71. The van der Waals surface area contributed by atoms with Gasteiger partial charge >= 0.3 is 0 Å². The Labute approximate surface area is 129 Å². The lowest BCUT2D eigenvalue weighted by atomic mass is 10.3. The standard InChI is InChI=1S/C14H22N4S2/c1-5-6-15-14-16-12(18(3)7-8-19-4)11-9-10(2)20-13(11)17-14/h9H,5-8H2,1-4H3,(H,15,16,17). The van der Waals surface area contributed by atoms with Crippen LogP contribution in [0.15, 0.2) is 6.07 Å². The first-order chi connectivity index (χ1) is 9.65. The third kappa shape index (κ3) is 3.55. The Hall–Kier alpha value is -1.01. The predicted octanol–water partition coefficient (Wildman–Crippen LogP) is 3.62. The molecule has 0 bridgehead atoms. The lowest BCUT2D eigenvalue weighted by Crippen LogP contribution is -2.22. The molecule has 4 nitrogen and oxygen atoms in total. The molecule has 0 aromatic carbocycles. The molecule has 0 saturated carbocycles. The van der Waals surface area contributed by atoms with Crippen molar-refractivity contribution >= 4 is 45.1 Å². The Balaban J connectivity index is 2.37. The second-order valence-electron chi connectivity index (χ2n) is 4.79. The first-order valence-electron chi connectivity index (χ1n) is 6.87. The number of nitrogens with zero attached hydrogens (tertiary/aromatic N) is 3. The van der Waals surface area contributed by atoms with Gasteiger partial charge in [-0.3, -0.25) is 0 Å². The normalized spacial score (nSPS) is 11.0. The fourth-order valence-corrected chi connectivity index (χ4v) is 3.30. The number of thioether (sulfide) groups is 1. The number of hydrogen-bond acceptors (Lipinski definition) is 6. The van der Waals surface area contributed by atoms with Gasteiger partial charge in [0.1, 0.15) is 10.6 Å². The van der Waals surface area contributed by atoms with E-state index in [0.717, 1.165) is 47.2 Å². The third-order valence-electron chi connectivity index (χ3n) is 3.02. The van der Waals surface area contributed by atoms with Gasteiger partial charge in [-0.05, 0) is 25.7 Å². The maximum absolute atomic E-state index is 4.71. The molecule has 20 heavy (non-hydrogen) atoms. The summed E-state index contributed by atoms with van der Waals surface area (Å²) in [5.74, 6) is 2.88. The van der Waals surface area contributed by atoms with Crippen LogP contribution < -0.4 is 10.2 Å². The van der Waals surface area contributed by atoms with Crippen molar-refractivity contribution in [1.29, 1.82) is 0 Å². The van der Waals surface area contributed by atoms with Crippen molar-refractivity contribution in [3.8, 4) is 0 Å². The Morgan fingerprint density at radius 1 is 1.40 bits per heavy atom. The molecular formula is C14H22N4S2. The summed E-state index contributed by atoms with van der Waals surface area (Å²) < 4.78 is 0. The molecule has 0 spiro atoms. The van der Waals surface area contributed by atoms with Crippen molar-refractivity contribution in [3.05, 3.63) is 10.9 Å². The van der Waals surface area contributed by atoms with Crippen LogP contribution in [0.4, 0.5) is 11.8 Å². The molecular weight excluding hydrogens is 288 g/mol. The van der Waals surface area contributed by atoms with Gasteiger partial charge in [0.15, 0.2) is 0 Å². The van der Waals surface area contributed by atoms with Crippen molar-refractivity contribution in [2.45, 2.75) is 20.3 Å². The van der Waals surface area contributed by atoms with Crippen LogP contribution in [0, 0.1) is 6.92 Å². The molecule has 0 fully saturated rings. The van der Waals surface area contributed by atoms with E-state index < -0.39 is 0 Å². The van der Waals surface area contributed by atoms with Gasteiger partial charge in [0.25, 0.3) is 0 Å². The van der Waals surface area contributed by atoms with E-state index in [0.29, 0.717) is 0 Å². The van der Waals surface area contributed by atoms with Gasteiger partial charge < -0.3 is 10.2 Å². The number of nitrogens with one attached hydrogen (secondary N) is 1. The number of aromatic nitrogens is 2. The third-order valence-corrected chi connectivity index (χ3v) is 4.56. The van der Waals surface area contributed by atoms with Crippen molar-refractivity contribution in [3.63, 3.8) is 0 Å². The summed E-state index contributed by atoms with van der Waals surface area (Å²) in [6.45, 7) is 6.17. The highest BCUT2D eigenvalue weighted by molar-refractivity contribution is 7.98. The fraction of sp³-hybridized carbons (Fsp3) is 0.571. The van der Waals surface area contributed by atoms with E-state index >= 15 is 0 Å². The molecule has 2 aromatic heterocycles. The molecule has 0 saturated heterocycles. The second kappa shape index (κ2) is 7.13. The lowest BCUT2D eigenvalue weighted by Gasteiger charge is -2.19. The van der Waals surface area contributed by atoms with E-state index in [2.05, 4.69) is 48.4 Å². The molecule has 2 rings (SSSR count). The van der Waals surface area contributed by atoms with Crippen molar-refractivity contribution in [1.82, 2.24) is 9.97 Å². The SMILES string of the molecule is CCCNc1nc(N(C)CCSC)c2cc(C)sc2n1. The van der Waals surface area contributed by atoms with Crippen molar-refractivity contribution in [2.75, 3.05) is 42.4 Å². The average molecular weight is 310 g/mol. The summed E-state index contributed by atoms with van der Waals surface area (Å²) >= 11 is 3.59. The molecule has 2 heterocycles. The molecule has 0 unspecified atom stereocenters. The van der Waals surface area contributed by atoms with Gasteiger partial charge in [-0.25, -0.2) is 4.98 Å². The molecule has 110 valence electrons. The van der Waals surface area contributed by atoms with Gasteiger partial charge in [-0.1, -0.05) is 6.92 Å². The van der Waals surface area contributed by atoms with Crippen LogP contribution in [-0.4, -0.2) is 42.1 Å². The van der Waals surface area contributed by atoms with Crippen molar-refractivity contribution < 1.29 is 0 Å². The van der Waals surface area contributed by atoms with Gasteiger partial charge in [0, 0.05) is 30.8 Å². The number of rotatable bonds is 7. The van der Waals surface area contributed by atoms with E-state index in [1.165, 1.54) is 4.88 Å². The first-order valence-corrected chi connectivity index (χ1v) is 9.09. The zero-order chi connectivity index (χ0) is 14.5. The summed E-state index contributed by atoms with van der Waals surface area (Å²) in [4.78, 5) is 13.9. The Kier molecular flexibility index (Phi) is 5.48. The second-order valence-corrected chi connectivity index (χ2v) is 7.01. The van der Waals surface area contributed by atoms with E-state index in [1.54, 1.807) is 11.3 Å². The summed E-state index contributed by atoms with van der Waals surface area (Å²) in [7, 11) is 2.11. The molecule has 2 aromatic rings. The number of hydrogen-bond donors (Lipinski definition) is 1. The van der Waals surface area contributed by atoms with Crippen LogP contribution in [-0.2, 0) is 0 Å². The van der Waals surface area contributed by atoms with E-state index in [-0.39, 0.29) is 0 Å². The zero-order valence-electron chi connectivity index (χ0n) is 12.6. The van der Waals surface area contributed by atoms with Crippen LogP contribution in [0.25, 0.3) is 10.2 Å². The van der Waals surface area contributed by atoms with Crippen molar-refractivity contribution in [2.24, 2.45) is 0 Å². The highest BCUT2D eigenvalue weighted by Crippen LogP contribution is 2.31.